The number of hydrogen-bond acceptors (Lipinski definition) is 6. The zero-order chi connectivity index (χ0) is 29.1. The Morgan fingerprint density at radius 3 is 2.49 bits per heavy atom. The molecule has 2 aromatic heterocycles. The van der Waals surface area contributed by atoms with Gasteiger partial charge in [0, 0.05) is 51.7 Å². The zero-order valence-corrected chi connectivity index (χ0v) is 24.3. The molecule has 4 N–H and O–H groups in total. The Bertz CT molecular complexity index is 1550. The lowest BCUT2D eigenvalue weighted by Gasteiger charge is -2.30. The lowest BCUT2D eigenvalue weighted by atomic mass is 9.91. The lowest BCUT2D eigenvalue weighted by Crippen LogP contribution is -2.42. The van der Waals surface area contributed by atoms with E-state index in [0.717, 1.165) is 59.1 Å². The number of nitrogens with zero attached hydrogens (tertiary/aromatic N) is 2. The third-order valence-electron chi connectivity index (χ3n) is 7.24. The van der Waals surface area contributed by atoms with Gasteiger partial charge >= 0.3 is 6.09 Å². The van der Waals surface area contributed by atoms with Crippen LogP contribution in [0.3, 0.4) is 0 Å². The smallest absolute Gasteiger partial charge is 0.412 e. The van der Waals surface area contributed by atoms with Gasteiger partial charge in [-0.1, -0.05) is 18.2 Å². The summed E-state index contributed by atoms with van der Waals surface area (Å²) in [6.45, 7) is 9.53. The summed E-state index contributed by atoms with van der Waals surface area (Å²) in [5, 5.41) is 10.5. The number of ether oxygens (including phenoxy) is 1. The van der Waals surface area contributed by atoms with Crippen LogP contribution in [0.1, 0.15) is 68.1 Å². The van der Waals surface area contributed by atoms with E-state index >= 15 is 0 Å². The summed E-state index contributed by atoms with van der Waals surface area (Å²) in [5.74, 6) is 0.462. The molecule has 0 spiro atoms. The van der Waals surface area contributed by atoms with Crippen LogP contribution in [0.2, 0.25) is 0 Å². The molecule has 2 amide bonds. The van der Waals surface area contributed by atoms with Gasteiger partial charge in [0.1, 0.15) is 5.60 Å². The number of aromatic amines is 1. The predicted molar refractivity (Wildman–Crippen MR) is 162 cm³/mol. The number of carbonyl (C=O) groups is 2. The van der Waals surface area contributed by atoms with Gasteiger partial charge in [-0.2, -0.15) is 0 Å². The van der Waals surface area contributed by atoms with E-state index in [2.05, 4.69) is 45.0 Å². The maximum atomic E-state index is 13.0. The molecule has 214 valence electrons. The highest BCUT2D eigenvalue weighted by Gasteiger charge is 2.25. The molecule has 2 atom stereocenters. The monoisotopic (exact) mass is 554 g/mol. The predicted octanol–water partition coefficient (Wildman–Crippen LogP) is 6.74. The SMILES string of the molecule is Cc1cnc(N[C@@H]2CCC[C@H](NC(=O)c3ccc(NC(=O)OC(C)(C)C)cc3)C2)nc1-c1c(C)[nH]c2ccccc12. The molecule has 9 heteroatoms. The fourth-order valence-electron chi connectivity index (χ4n) is 5.38. The first-order valence-corrected chi connectivity index (χ1v) is 14.1. The number of carbonyl (C=O) groups excluding carboxylic acids is 2. The number of fused-ring (bicyclic) bond motifs is 1. The number of nitrogens with one attached hydrogen (secondary N) is 4. The summed E-state index contributed by atoms with van der Waals surface area (Å²) in [5.41, 5.74) is 5.73. The number of aryl methyl sites for hydroxylation is 2. The summed E-state index contributed by atoms with van der Waals surface area (Å²) < 4.78 is 5.28. The molecule has 41 heavy (non-hydrogen) atoms. The van der Waals surface area contributed by atoms with Gasteiger partial charge in [-0.05, 0) is 96.2 Å². The standard InChI is InChI=1S/C32H38N6O3/c1-19-18-33-30(38-28(19)27-20(2)34-26-12-7-6-11-25(26)27)36-24-10-8-9-23(17-24)35-29(39)21-13-15-22(16-14-21)37-31(40)41-32(3,4)5/h6-7,11-16,18,23-24,34H,8-10,17H2,1-5H3,(H,35,39)(H,37,40)(H,33,36,38)/t23-,24+/m0/s1. The van der Waals surface area contributed by atoms with E-state index in [4.69, 9.17) is 9.72 Å². The first-order valence-electron chi connectivity index (χ1n) is 14.1. The summed E-state index contributed by atoms with van der Waals surface area (Å²) in [6.07, 6.45) is 5.00. The minimum absolute atomic E-state index is 0.0362. The molecule has 1 aliphatic carbocycles. The topological polar surface area (TPSA) is 121 Å². The van der Waals surface area contributed by atoms with Crippen molar-refractivity contribution in [2.75, 3.05) is 10.6 Å². The van der Waals surface area contributed by atoms with Crippen LogP contribution in [0, 0.1) is 13.8 Å². The molecule has 2 aromatic carbocycles. The molecule has 5 rings (SSSR count). The Labute approximate surface area is 240 Å². The Morgan fingerprint density at radius 2 is 1.73 bits per heavy atom. The van der Waals surface area contributed by atoms with Crippen LogP contribution < -0.4 is 16.0 Å². The van der Waals surface area contributed by atoms with Crippen LogP contribution >= 0.6 is 0 Å². The van der Waals surface area contributed by atoms with Crippen molar-refractivity contribution in [2.24, 2.45) is 0 Å². The van der Waals surface area contributed by atoms with Crippen LogP contribution in [-0.4, -0.2) is 44.6 Å². The third-order valence-corrected chi connectivity index (χ3v) is 7.24. The third kappa shape index (κ3) is 6.85. The highest BCUT2D eigenvalue weighted by molar-refractivity contribution is 5.97. The molecular weight excluding hydrogens is 516 g/mol. The summed E-state index contributed by atoms with van der Waals surface area (Å²) in [7, 11) is 0. The minimum Gasteiger partial charge on any atom is -0.444 e. The van der Waals surface area contributed by atoms with E-state index in [1.165, 1.54) is 0 Å². The fourth-order valence-corrected chi connectivity index (χ4v) is 5.38. The summed E-state index contributed by atoms with van der Waals surface area (Å²) in [6, 6.07) is 15.2. The van der Waals surface area contributed by atoms with Crippen molar-refractivity contribution in [3.63, 3.8) is 0 Å². The molecule has 1 saturated carbocycles. The van der Waals surface area contributed by atoms with Gasteiger partial charge in [0.2, 0.25) is 5.95 Å². The van der Waals surface area contributed by atoms with Gasteiger partial charge in [-0.3, -0.25) is 10.1 Å². The largest absolute Gasteiger partial charge is 0.444 e. The zero-order valence-electron chi connectivity index (χ0n) is 24.3. The molecule has 0 unspecified atom stereocenters. The van der Waals surface area contributed by atoms with Crippen LogP contribution in [0.4, 0.5) is 16.4 Å². The molecule has 0 bridgehead atoms. The molecule has 0 saturated heterocycles. The van der Waals surface area contributed by atoms with E-state index in [1.807, 2.05) is 46.0 Å². The second kappa shape index (κ2) is 11.6. The maximum Gasteiger partial charge on any atom is 0.412 e. The van der Waals surface area contributed by atoms with Crippen molar-refractivity contribution in [1.29, 1.82) is 0 Å². The van der Waals surface area contributed by atoms with Gasteiger partial charge in [-0.25, -0.2) is 14.8 Å². The van der Waals surface area contributed by atoms with Crippen molar-refractivity contribution in [1.82, 2.24) is 20.3 Å². The molecule has 4 aromatic rings. The number of anilines is 2. The average Bonchev–Trinajstić information content (AvgIpc) is 3.25. The Balaban J connectivity index is 1.21. The normalized spacial score (nSPS) is 17.2. The molecule has 1 fully saturated rings. The van der Waals surface area contributed by atoms with Gasteiger partial charge in [-0.15, -0.1) is 0 Å². The first-order chi connectivity index (χ1) is 19.6. The van der Waals surface area contributed by atoms with E-state index in [1.54, 1.807) is 24.3 Å². The number of hydrogen-bond donors (Lipinski definition) is 4. The fraction of sp³-hybridized carbons (Fsp3) is 0.375. The van der Waals surface area contributed by atoms with Crippen molar-refractivity contribution >= 4 is 34.5 Å². The second-order valence-corrected chi connectivity index (χ2v) is 11.8. The molecule has 0 aliphatic heterocycles. The Morgan fingerprint density at radius 1 is 1.00 bits per heavy atom. The van der Waals surface area contributed by atoms with E-state index in [9.17, 15) is 9.59 Å². The summed E-state index contributed by atoms with van der Waals surface area (Å²) >= 11 is 0. The lowest BCUT2D eigenvalue weighted by molar-refractivity contribution is 0.0635. The number of rotatable bonds is 6. The quantitative estimate of drug-likeness (QED) is 0.209. The summed E-state index contributed by atoms with van der Waals surface area (Å²) in [4.78, 5) is 38.0. The maximum absolute atomic E-state index is 13.0. The molecule has 0 radical (unpaired) electrons. The highest BCUT2D eigenvalue weighted by Crippen LogP contribution is 2.33. The molecule has 1 aliphatic rings. The number of aromatic nitrogens is 3. The van der Waals surface area contributed by atoms with Gasteiger partial charge in [0.15, 0.2) is 0 Å². The van der Waals surface area contributed by atoms with Crippen LogP contribution in [0.25, 0.3) is 22.2 Å². The average molecular weight is 555 g/mol. The Kier molecular flexibility index (Phi) is 7.97. The minimum atomic E-state index is -0.583. The highest BCUT2D eigenvalue weighted by atomic mass is 16.6. The molecule has 2 heterocycles. The van der Waals surface area contributed by atoms with Gasteiger partial charge in [0.25, 0.3) is 5.91 Å². The van der Waals surface area contributed by atoms with Crippen molar-refractivity contribution in [3.05, 3.63) is 71.5 Å². The van der Waals surface area contributed by atoms with Crippen molar-refractivity contribution < 1.29 is 14.3 Å². The van der Waals surface area contributed by atoms with Crippen molar-refractivity contribution in [2.45, 2.75) is 78.0 Å². The Hall–Kier alpha value is -4.40. The number of para-hydroxylation sites is 1. The van der Waals surface area contributed by atoms with Crippen molar-refractivity contribution in [3.8, 4) is 11.3 Å². The number of benzene rings is 2. The van der Waals surface area contributed by atoms with Crippen LogP contribution in [0.15, 0.2) is 54.7 Å². The van der Waals surface area contributed by atoms with Gasteiger partial charge in [0.05, 0.1) is 5.69 Å². The van der Waals surface area contributed by atoms with Gasteiger partial charge < -0.3 is 20.4 Å². The molecule has 9 nitrogen and oxygen atoms in total. The first kappa shape index (κ1) is 28.1. The number of amides is 2. The number of H-pyrrole nitrogens is 1. The van der Waals surface area contributed by atoms with E-state index in [0.29, 0.717) is 17.2 Å². The van der Waals surface area contributed by atoms with E-state index in [-0.39, 0.29) is 18.0 Å². The molecular formula is C32H38N6O3. The van der Waals surface area contributed by atoms with Crippen LogP contribution in [0.5, 0.6) is 0 Å². The van der Waals surface area contributed by atoms with E-state index < -0.39 is 11.7 Å². The second-order valence-electron chi connectivity index (χ2n) is 11.8. The van der Waals surface area contributed by atoms with Crippen LogP contribution in [-0.2, 0) is 4.74 Å².